The molecule has 3 rings (SSSR count). The summed E-state index contributed by atoms with van der Waals surface area (Å²) in [5, 5.41) is 3.38. The van der Waals surface area contributed by atoms with Crippen molar-refractivity contribution < 1.29 is 13.2 Å². The maximum atomic E-state index is 13.6. The summed E-state index contributed by atoms with van der Waals surface area (Å²) in [5.41, 5.74) is -0.963. The molecular weight excluding hydrogens is 277 g/mol. The topological polar surface area (TPSA) is 15.3 Å². The lowest BCUT2D eigenvalue weighted by Crippen LogP contribution is -2.64. The van der Waals surface area contributed by atoms with Crippen LogP contribution in [0, 0.1) is 0 Å². The number of halogens is 3. The number of alkyl halides is 3. The van der Waals surface area contributed by atoms with Crippen LogP contribution in [0.1, 0.15) is 38.3 Å². The van der Waals surface area contributed by atoms with Crippen LogP contribution in [-0.4, -0.2) is 35.2 Å². The first-order chi connectivity index (χ1) is 9.75. The number of hydrogen-bond acceptors (Lipinski definition) is 2. The maximum absolute atomic E-state index is 13.6. The minimum atomic E-state index is -4.16. The van der Waals surface area contributed by atoms with Crippen LogP contribution in [0.4, 0.5) is 13.2 Å². The standard InChI is InChI=1S/C16H21F3N2/c1-14(2)11-21(15(8-9-15)16(17,18)19)13(10-20-14)12-6-4-3-5-7-12/h3-7,13,20H,8-11H2,1-2H3. The molecule has 1 aromatic carbocycles. The number of rotatable bonds is 2. The smallest absolute Gasteiger partial charge is 0.309 e. The van der Waals surface area contributed by atoms with Crippen molar-refractivity contribution in [3.8, 4) is 0 Å². The van der Waals surface area contributed by atoms with Crippen LogP contribution in [0.15, 0.2) is 30.3 Å². The van der Waals surface area contributed by atoms with Gasteiger partial charge in [0.2, 0.25) is 0 Å². The quantitative estimate of drug-likeness (QED) is 0.899. The Labute approximate surface area is 123 Å². The van der Waals surface area contributed by atoms with Crippen molar-refractivity contribution >= 4 is 0 Å². The molecule has 0 bridgehead atoms. The van der Waals surface area contributed by atoms with E-state index < -0.39 is 11.7 Å². The van der Waals surface area contributed by atoms with E-state index in [0.717, 1.165) is 5.56 Å². The van der Waals surface area contributed by atoms with Gasteiger partial charge in [0.15, 0.2) is 0 Å². The van der Waals surface area contributed by atoms with Gasteiger partial charge in [-0.15, -0.1) is 0 Å². The van der Waals surface area contributed by atoms with Crippen molar-refractivity contribution in [3.05, 3.63) is 35.9 Å². The average Bonchev–Trinajstić information content (AvgIpc) is 3.19. The summed E-state index contributed by atoms with van der Waals surface area (Å²) in [4.78, 5) is 1.69. The van der Waals surface area contributed by atoms with Gasteiger partial charge < -0.3 is 5.32 Å². The summed E-state index contributed by atoms with van der Waals surface area (Å²) in [6, 6.07) is 9.29. The van der Waals surface area contributed by atoms with Gasteiger partial charge in [0.05, 0.1) is 0 Å². The van der Waals surface area contributed by atoms with Gasteiger partial charge in [0.25, 0.3) is 0 Å². The van der Waals surface area contributed by atoms with E-state index in [1.54, 1.807) is 4.90 Å². The third kappa shape index (κ3) is 2.57. The highest BCUT2D eigenvalue weighted by molar-refractivity contribution is 5.24. The van der Waals surface area contributed by atoms with E-state index >= 15 is 0 Å². The molecule has 1 aliphatic carbocycles. The summed E-state index contributed by atoms with van der Waals surface area (Å²) in [5.74, 6) is 0. The number of hydrogen-bond donors (Lipinski definition) is 1. The number of piperazine rings is 1. The monoisotopic (exact) mass is 298 g/mol. The molecule has 0 spiro atoms. The zero-order valence-electron chi connectivity index (χ0n) is 12.4. The fourth-order valence-electron chi connectivity index (χ4n) is 3.35. The Morgan fingerprint density at radius 1 is 1.14 bits per heavy atom. The molecule has 0 aromatic heterocycles. The lowest BCUT2D eigenvalue weighted by molar-refractivity contribution is -0.209. The van der Waals surface area contributed by atoms with E-state index in [-0.39, 0.29) is 24.4 Å². The van der Waals surface area contributed by atoms with E-state index in [2.05, 4.69) is 5.32 Å². The molecule has 0 radical (unpaired) electrons. The summed E-state index contributed by atoms with van der Waals surface area (Å²) in [6.45, 7) is 4.89. The zero-order valence-corrected chi connectivity index (χ0v) is 12.4. The maximum Gasteiger partial charge on any atom is 0.406 e. The van der Waals surface area contributed by atoms with Crippen molar-refractivity contribution in [3.63, 3.8) is 0 Å². The lowest BCUT2D eigenvalue weighted by Gasteiger charge is -2.49. The fourth-order valence-corrected chi connectivity index (χ4v) is 3.35. The van der Waals surface area contributed by atoms with E-state index in [4.69, 9.17) is 0 Å². The van der Waals surface area contributed by atoms with Gasteiger partial charge in [0.1, 0.15) is 5.54 Å². The van der Waals surface area contributed by atoms with Gasteiger partial charge >= 0.3 is 6.18 Å². The van der Waals surface area contributed by atoms with Crippen LogP contribution < -0.4 is 5.32 Å². The molecule has 2 aliphatic rings. The highest BCUT2D eigenvalue weighted by atomic mass is 19.4. The Balaban J connectivity index is 1.96. The summed E-state index contributed by atoms with van der Waals surface area (Å²) in [6.07, 6.45) is -3.72. The van der Waals surface area contributed by atoms with Crippen LogP contribution in [0.2, 0.25) is 0 Å². The fraction of sp³-hybridized carbons (Fsp3) is 0.625. The van der Waals surface area contributed by atoms with Crippen molar-refractivity contribution in [2.24, 2.45) is 0 Å². The van der Waals surface area contributed by atoms with E-state index in [1.807, 2.05) is 44.2 Å². The molecule has 2 fully saturated rings. The van der Waals surface area contributed by atoms with Crippen molar-refractivity contribution in [2.45, 2.75) is 50.0 Å². The largest absolute Gasteiger partial charge is 0.406 e. The van der Waals surface area contributed by atoms with Gasteiger partial charge in [0, 0.05) is 24.7 Å². The van der Waals surface area contributed by atoms with Gasteiger partial charge in [-0.25, -0.2) is 0 Å². The molecule has 2 nitrogen and oxygen atoms in total. The predicted octanol–water partition coefficient (Wildman–Crippen LogP) is 3.51. The van der Waals surface area contributed by atoms with Gasteiger partial charge in [-0.3, -0.25) is 4.90 Å². The van der Waals surface area contributed by atoms with Crippen LogP contribution in [-0.2, 0) is 0 Å². The minimum Gasteiger partial charge on any atom is -0.309 e. The van der Waals surface area contributed by atoms with Crippen molar-refractivity contribution in [1.82, 2.24) is 10.2 Å². The number of nitrogens with zero attached hydrogens (tertiary/aromatic N) is 1. The first kappa shape index (κ1) is 14.9. The molecule has 1 heterocycles. The SMILES string of the molecule is CC1(C)CN(C2(C(F)(F)F)CC2)C(c2ccccc2)CN1. The van der Waals surface area contributed by atoms with E-state index in [0.29, 0.717) is 13.1 Å². The highest BCUT2D eigenvalue weighted by Crippen LogP contribution is 2.56. The van der Waals surface area contributed by atoms with Crippen molar-refractivity contribution in [2.75, 3.05) is 13.1 Å². The van der Waals surface area contributed by atoms with E-state index in [9.17, 15) is 13.2 Å². The van der Waals surface area contributed by atoms with Crippen LogP contribution in [0.25, 0.3) is 0 Å². The second-order valence-corrected chi connectivity index (χ2v) is 6.85. The molecule has 1 aliphatic heterocycles. The lowest BCUT2D eigenvalue weighted by atomic mass is 9.92. The predicted molar refractivity (Wildman–Crippen MR) is 76.0 cm³/mol. The molecule has 21 heavy (non-hydrogen) atoms. The van der Waals surface area contributed by atoms with Crippen LogP contribution in [0.5, 0.6) is 0 Å². The third-order valence-corrected chi connectivity index (χ3v) is 4.70. The van der Waals surface area contributed by atoms with Gasteiger partial charge in [-0.05, 0) is 32.3 Å². The normalized spacial score (nSPS) is 28.3. The van der Waals surface area contributed by atoms with Crippen molar-refractivity contribution in [1.29, 1.82) is 0 Å². The summed E-state index contributed by atoms with van der Waals surface area (Å²) < 4.78 is 40.7. The Hall–Kier alpha value is -1.07. The zero-order chi connectivity index (χ0) is 15.3. The number of nitrogens with one attached hydrogen (secondary N) is 1. The van der Waals surface area contributed by atoms with Gasteiger partial charge in [-0.2, -0.15) is 13.2 Å². The second-order valence-electron chi connectivity index (χ2n) is 6.85. The molecule has 1 unspecified atom stereocenters. The molecule has 116 valence electrons. The van der Waals surface area contributed by atoms with Gasteiger partial charge in [-0.1, -0.05) is 30.3 Å². The van der Waals surface area contributed by atoms with E-state index in [1.165, 1.54) is 0 Å². The molecule has 1 saturated carbocycles. The Bertz CT molecular complexity index is 506. The Kier molecular flexibility index (Phi) is 3.33. The molecular formula is C16H21F3N2. The van der Waals surface area contributed by atoms with Crippen LogP contribution >= 0.6 is 0 Å². The molecule has 1 atom stereocenters. The molecule has 1 N–H and O–H groups in total. The molecule has 1 aromatic rings. The minimum absolute atomic E-state index is 0.218. The Morgan fingerprint density at radius 3 is 2.29 bits per heavy atom. The second kappa shape index (κ2) is 4.71. The summed E-state index contributed by atoms with van der Waals surface area (Å²) in [7, 11) is 0. The molecule has 5 heteroatoms. The van der Waals surface area contributed by atoms with Crippen LogP contribution in [0.3, 0.4) is 0 Å². The summed E-state index contributed by atoms with van der Waals surface area (Å²) >= 11 is 0. The Morgan fingerprint density at radius 2 is 1.76 bits per heavy atom. The highest BCUT2D eigenvalue weighted by Gasteiger charge is 2.68. The number of benzene rings is 1. The first-order valence-electron chi connectivity index (χ1n) is 7.39. The molecule has 1 saturated heterocycles. The first-order valence-corrected chi connectivity index (χ1v) is 7.39. The molecule has 0 amide bonds. The average molecular weight is 298 g/mol. The third-order valence-electron chi connectivity index (χ3n) is 4.70.